The van der Waals surface area contributed by atoms with Crippen LogP contribution in [0.3, 0.4) is 0 Å². The molecule has 1 aliphatic heterocycles. The standard InChI is InChI=1S/C7H11N2/c8-7-9-5-3-1-2-4-6-9/h3H,1-2,4-6H2. The summed E-state index contributed by atoms with van der Waals surface area (Å²) in [4.78, 5) is 1.80. The second-order valence-electron chi connectivity index (χ2n) is 2.33. The molecule has 0 spiro atoms. The summed E-state index contributed by atoms with van der Waals surface area (Å²) in [5.74, 6) is 0. The molecule has 1 saturated heterocycles. The van der Waals surface area contributed by atoms with Crippen LogP contribution >= 0.6 is 0 Å². The molecule has 1 rings (SSSR count). The summed E-state index contributed by atoms with van der Waals surface area (Å²) in [6.45, 7) is 1.81. The van der Waals surface area contributed by atoms with Crippen LogP contribution in [0.4, 0.5) is 0 Å². The molecule has 2 heteroatoms. The van der Waals surface area contributed by atoms with Crippen LogP contribution in [0.5, 0.6) is 0 Å². The number of hydrogen-bond donors (Lipinski definition) is 0. The van der Waals surface area contributed by atoms with Gasteiger partial charge in [0.15, 0.2) is 6.19 Å². The smallest absolute Gasteiger partial charge is 0.179 e. The van der Waals surface area contributed by atoms with Crippen LogP contribution in [-0.4, -0.2) is 18.0 Å². The molecule has 0 N–H and O–H groups in total. The zero-order chi connectivity index (χ0) is 6.53. The topological polar surface area (TPSA) is 27.0 Å². The molecule has 1 aliphatic rings. The van der Waals surface area contributed by atoms with Crippen LogP contribution in [-0.2, 0) is 0 Å². The van der Waals surface area contributed by atoms with Gasteiger partial charge in [-0.2, -0.15) is 5.26 Å². The van der Waals surface area contributed by atoms with E-state index in [9.17, 15) is 0 Å². The van der Waals surface area contributed by atoms with Crippen molar-refractivity contribution in [2.75, 3.05) is 13.1 Å². The van der Waals surface area contributed by atoms with E-state index in [1.807, 2.05) is 0 Å². The monoisotopic (exact) mass is 123 g/mol. The molecule has 0 bridgehead atoms. The molecular formula is C7H11N2. The van der Waals surface area contributed by atoms with E-state index in [1.165, 1.54) is 19.3 Å². The molecule has 0 amide bonds. The fraction of sp³-hybridized carbons (Fsp3) is 0.714. The Morgan fingerprint density at radius 2 is 2.33 bits per heavy atom. The average molecular weight is 123 g/mol. The molecule has 2 nitrogen and oxygen atoms in total. The molecule has 0 atom stereocenters. The average Bonchev–Trinajstić information content (AvgIpc) is 2.13. The van der Waals surface area contributed by atoms with Gasteiger partial charge in [0.1, 0.15) is 0 Å². The van der Waals surface area contributed by atoms with E-state index in [-0.39, 0.29) is 0 Å². The van der Waals surface area contributed by atoms with E-state index >= 15 is 0 Å². The predicted octanol–water partition coefficient (Wildman–Crippen LogP) is 1.16. The lowest BCUT2D eigenvalue weighted by atomic mass is 10.2. The first-order valence-corrected chi connectivity index (χ1v) is 3.40. The summed E-state index contributed by atoms with van der Waals surface area (Å²) in [5, 5.41) is 8.47. The third kappa shape index (κ3) is 1.93. The molecule has 0 aromatic carbocycles. The van der Waals surface area contributed by atoms with Gasteiger partial charge in [-0.15, -0.1) is 0 Å². The van der Waals surface area contributed by atoms with Crippen molar-refractivity contribution in [1.29, 1.82) is 5.26 Å². The fourth-order valence-electron chi connectivity index (χ4n) is 1.02. The summed E-state index contributed by atoms with van der Waals surface area (Å²) >= 11 is 0. The quantitative estimate of drug-likeness (QED) is 0.452. The highest BCUT2D eigenvalue weighted by Gasteiger charge is 2.04. The Hall–Kier alpha value is -0.710. The first-order valence-electron chi connectivity index (χ1n) is 3.40. The van der Waals surface area contributed by atoms with Crippen molar-refractivity contribution in [2.45, 2.75) is 19.3 Å². The van der Waals surface area contributed by atoms with Gasteiger partial charge in [-0.25, -0.2) is 0 Å². The number of rotatable bonds is 0. The molecule has 0 aromatic heterocycles. The van der Waals surface area contributed by atoms with Crippen molar-refractivity contribution in [3.63, 3.8) is 0 Å². The van der Waals surface area contributed by atoms with E-state index in [4.69, 9.17) is 5.26 Å². The molecule has 0 aromatic rings. The van der Waals surface area contributed by atoms with Gasteiger partial charge in [-0.1, -0.05) is 6.42 Å². The van der Waals surface area contributed by atoms with E-state index < -0.39 is 0 Å². The Kier molecular flexibility index (Phi) is 2.38. The number of nitrogens with zero attached hydrogens (tertiary/aromatic N) is 2. The molecule has 1 radical (unpaired) electrons. The van der Waals surface area contributed by atoms with Gasteiger partial charge in [0.25, 0.3) is 0 Å². The van der Waals surface area contributed by atoms with Crippen LogP contribution < -0.4 is 0 Å². The van der Waals surface area contributed by atoms with Crippen molar-refractivity contribution in [3.05, 3.63) is 6.42 Å². The minimum absolute atomic E-state index is 0.858. The molecule has 1 heterocycles. The van der Waals surface area contributed by atoms with Crippen molar-refractivity contribution >= 4 is 0 Å². The maximum absolute atomic E-state index is 8.47. The first kappa shape index (κ1) is 6.41. The predicted molar refractivity (Wildman–Crippen MR) is 35.3 cm³/mol. The van der Waals surface area contributed by atoms with Crippen molar-refractivity contribution in [1.82, 2.24) is 4.90 Å². The van der Waals surface area contributed by atoms with Gasteiger partial charge in [0.05, 0.1) is 0 Å². The van der Waals surface area contributed by atoms with E-state index in [2.05, 4.69) is 12.6 Å². The SMILES string of the molecule is N#CN1C[CH]CCCC1. The Bertz CT molecular complexity index is 107. The molecule has 1 fully saturated rings. The number of hydrogen-bond acceptors (Lipinski definition) is 2. The highest BCUT2D eigenvalue weighted by molar-refractivity contribution is 4.82. The first-order chi connectivity index (χ1) is 4.43. The Balaban J connectivity index is 2.29. The van der Waals surface area contributed by atoms with Crippen molar-refractivity contribution in [3.8, 4) is 6.19 Å². The van der Waals surface area contributed by atoms with E-state index in [1.54, 1.807) is 4.90 Å². The highest BCUT2D eigenvalue weighted by Crippen LogP contribution is 2.06. The molecular weight excluding hydrogens is 112 g/mol. The summed E-state index contributed by atoms with van der Waals surface area (Å²) in [6.07, 6.45) is 7.92. The van der Waals surface area contributed by atoms with E-state index in [0.29, 0.717) is 0 Å². The lowest BCUT2D eigenvalue weighted by Gasteiger charge is -2.09. The Morgan fingerprint density at radius 3 is 3.11 bits per heavy atom. The van der Waals surface area contributed by atoms with Crippen LogP contribution in [0.15, 0.2) is 0 Å². The molecule has 0 unspecified atom stereocenters. The molecule has 0 saturated carbocycles. The lowest BCUT2D eigenvalue weighted by Crippen LogP contribution is -2.17. The van der Waals surface area contributed by atoms with Gasteiger partial charge in [0.2, 0.25) is 0 Å². The zero-order valence-corrected chi connectivity index (χ0v) is 5.51. The van der Waals surface area contributed by atoms with Gasteiger partial charge in [-0.3, -0.25) is 0 Å². The molecule has 49 valence electrons. The van der Waals surface area contributed by atoms with Gasteiger partial charge in [0, 0.05) is 13.1 Å². The third-order valence-electron chi connectivity index (χ3n) is 1.58. The zero-order valence-electron chi connectivity index (χ0n) is 5.51. The van der Waals surface area contributed by atoms with Crippen molar-refractivity contribution in [2.24, 2.45) is 0 Å². The summed E-state index contributed by atoms with van der Waals surface area (Å²) < 4.78 is 0. The molecule has 9 heavy (non-hydrogen) atoms. The number of likely N-dealkylation sites (tertiary alicyclic amines) is 1. The fourth-order valence-corrected chi connectivity index (χ4v) is 1.02. The maximum atomic E-state index is 8.47. The van der Waals surface area contributed by atoms with Crippen molar-refractivity contribution < 1.29 is 0 Å². The maximum Gasteiger partial charge on any atom is 0.179 e. The Morgan fingerprint density at radius 1 is 1.44 bits per heavy atom. The largest absolute Gasteiger partial charge is 0.310 e. The minimum atomic E-state index is 0.858. The highest BCUT2D eigenvalue weighted by atomic mass is 15.1. The van der Waals surface area contributed by atoms with Crippen LogP contribution in [0, 0.1) is 17.9 Å². The summed E-state index contributed by atoms with van der Waals surface area (Å²) in [6, 6.07) is 0. The van der Waals surface area contributed by atoms with Crippen LogP contribution in [0.25, 0.3) is 0 Å². The second-order valence-corrected chi connectivity index (χ2v) is 2.33. The summed E-state index contributed by atoms with van der Waals surface area (Å²) in [5.41, 5.74) is 0. The Labute approximate surface area is 56.1 Å². The van der Waals surface area contributed by atoms with Gasteiger partial charge < -0.3 is 4.90 Å². The van der Waals surface area contributed by atoms with Gasteiger partial charge in [-0.05, 0) is 19.3 Å². The van der Waals surface area contributed by atoms with Crippen LogP contribution in [0.2, 0.25) is 0 Å². The summed E-state index contributed by atoms with van der Waals surface area (Å²) in [7, 11) is 0. The third-order valence-corrected chi connectivity index (χ3v) is 1.58. The van der Waals surface area contributed by atoms with Crippen LogP contribution in [0.1, 0.15) is 19.3 Å². The molecule has 0 aliphatic carbocycles. The minimum Gasteiger partial charge on any atom is -0.310 e. The second kappa shape index (κ2) is 3.34. The van der Waals surface area contributed by atoms with Gasteiger partial charge >= 0.3 is 0 Å². The van der Waals surface area contributed by atoms with E-state index in [0.717, 1.165) is 13.1 Å². The lowest BCUT2D eigenvalue weighted by molar-refractivity contribution is 0.430. The normalized spacial score (nSPS) is 20.6. The number of nitriles is 1.